The van der Waals surface area contributed by atoms with Crippen LogP contribution in [0.15, 0.2) is 36.9 Å². The first-order valence-electron chi connectivity index (χ1n) is 5.28. The standard InChI is InChI=1S/C13H17NO2/c1-4-11(14-13(15)5-2)10-8-6-7-9-12(10)16-3/h5-9,11H,2,4H2,1,3H3,(H,14,15). The smallest absolute Gasteiger partial charge is 0.243 e. The van der Waals surface area contributed by atoms with E-state index in [1.165, 1.54) is 6.08 Å². The zero-order valence-corrected chi connectivity index (χ0v) is 9.69. The third-order valence-corrected chi connectivity index (χ3v) is 2.42. The largest absolute Gasteiger partial charge is 0.496 e. The van der Waals surface area contributed by atoms with E-state index in [0.717, 1.165) is 17.7 Å². The molecule has 0 heterocycles. The lowest BCUT2D eigenvalue weighted by atomic mass is 10.0. The number of hydrogen-bond donors (Lipinski definition) is 1. The van der Waals surface area contributed by atoms with Gasteiger partial charge in [0, 0.05) is 5.56 Å². The van der Waals surface area contributed by atoms with Crippen molar-refractivity contribution in [2.75, 3.05) is 7.11 Å². The molecule has 0 aromatic heterocycles. The van der Waals surface area contributed by atoms with E-state index in [2.05, 4.69) is 11.9 Å². The number of carbonyl (C=O) groups is 1. The van der Waals surface area contributed by atoms with Crippen LogP contribution >= 0.6 is 0 Å². The molecule has 1 rings (SSSR count). The van der Waals surface area contributed by atoms with Crippen LogP contribution < -0.4 is 10.1 Å². The average Bonchev–Trinajstić information content (AvgIpc) is 2.35. The Labute approximate surface area is 96.1 Å². The summed E-state index contributed by atoms with van der Waals surface area (Å²) in [5, 5.41) is 2.87. The van der Waals surface area contributed by atoms with Gasteiger partial charge in [-0.2, -0.15) is 0 Å². The minimum absolute atomic E-state index is 0.0401. The maximum atomic E-state index is 11.3. The first kappa shape index (κ1) is 12.3. The molecule has 0 aliphatic heterocycles. The van der Waals surface area contributed by atoms with Gasteiger partial charge in [0.15, 0.2) is 0 Å². The quantitative estimate of drug-likeness (QED) is 0.772. The van der Waals surface area contributed by atoms with Gasteiger partial charge in [-0.05, 0) is 18.6 Å². The summed E-state index contributed by atoms with van der Waals surface area (Å²) in [6.07, 6.45) is 2.08. The molecule has 0 aliphatic rings. The molecule has 0 spiro atoms. The molecule has 3 heteroatoms. The highest BCUT2D eigenvalue weighted by Crippen LogP contribution is 2.26. The maximum Gasteiger partial charge on any atom is 0.243 e. The van der Waals surface area contributed by atoms with Gasteiger partial charge in [-0.15, -0.1) is 0 Å². The number of carbonyl (C=O) groups excluding carboxylic acids is 1. The fraction of sp³-hybridized carbons (Fsp3) is 0.308. The van der Waals surface area contributed by atoms with E-state index in [9.17, 15) is 4.79 Å². The molecule has 1 amide bonds. The Kier molecular flexibility index (Phi) is 4.58. The third kappa shape index (κ3) is 2.86. The predicted molar refractivity (Wildman–Crippen MR) is 64.4 cm³/mol. The van der Waals surface area contributed by atoms with Crippen molar-refractivity contribution >= 4 is 5.91 Å². The monoisotopic (exact) mass is 219 g/mol. The molecular weight excluding hydrogens is 202 g/mol. The van der Waals surface area contributed by atoms with Gasteiger partial charge in [-0.25, -0.2) is 0 Å². The van der Waals surface area contributed by atoms with Crippen molar-refractivity contribution in [3.05, 3.63) is 42.5 Å². The highest BCUT2D eigenvalue weighted by molar-refractivity contribution is 5.87. The van der Waals surface area contributed by atoms with E-state index in [1.54, 1.807) is 7.11 Å². The highest BCUT2D eigenvalue weighted by Gasteiger charge is 2.14. The van der Waals surface area contributed by atoms with Crippen LogP contribution in [0.4, 0.5) is 0 Å². The SMILES string of the molecule is C=CC(=O)NC(CC)c1ccccc1OC. The molecule has 0 saturated carbocycles. The Balaban J connectivity index is 2.93. The van der Waals surface area contributed by atoms with Gasteiger partial charge >= 0.3 is 0 Å². The van der Waals surface area contributed by atoms with Crippen molar-refractivity contribution in [3.8, 4) is 5.75 Å². The van der Waals surface area contributed by atoms with Crippen molar-refractivity contribution in [2.24, 2.45) is 0 Å². The Morgan fingerprint density at radius 2 is 2.25 bits per heavy atom. The summed E-state index contributed by atoms with van der Waals surface area (Å²) >= 11 is 0. The zero-order chi connectivity index (χ0) is 12.0. The van der Waals surface area contributed by atoms with E-state index in [1.807, 2.05) is 31.2 Å². The number of rotatable bonds is 5. The minimum atomic E-state index is -0.169. The second-order valence-corrected chi connectivity index (χ2v) is 3.42. The number of ether oxygens (including phenoxy) is 1. The van der Waals surface area contributed by atoms with Crippen molar-refractivity contribution in [1.82, 2.24) is 5.32 Å². The van der Waals surface area contributed by atoms with Gasteiger partial charge in [0.2, 0.25) is 5.91 Å². The maximum absolute atomic E-state index is 11.3. The zero-order valence-electron chi connectivity index (χ0n) is 9.69. The van der Waals surface area contributed by atoms with Crippen molar-refractivity contribution in [1.29, 1.82) is 0 Å². The summed E-state index contributed by atoms with van der Waals surface area (Å²) in [7, 11) is 1.63. The Hall–Kier alpha value is -1.77. The van der Waals surface area contributed by atoms with E-state index in [0.29, 0.717) is 0 Å². The van der Waals surface area contributed by atoms with E-state index >= 15 is 0 Å². The van der Waals surface area contributed by atoms with Crippen LogP contribution in [0.1, 0.15) is 24.9 Å². The topological polar surface area (TPSA) is 38.3 Å². The second-order valence-electron chi connectivity index (χ2n) is 3.42. The van der Waals surface area contributed by atoms with Crippen LogP contribution in [0.5, 0.6) is 5.75 Å². The van der Waals surface area contributed by atoms with Crippen LogP contribution in [-0.4, -0.2) is 13.0 Å². The summed E-state index contributed by atoms with van der Waals surface area (Å²) in [5.74, 6) is 0.622. The van der Waals surface area contributed by atoms with Crippen LogP contribution in [0.3, 0.4) is 0 Å². The van der Waals surface area contributed by atoms with Gasteiger partial charge in [-0.1, -0.05) is 31.7 Å². The molecule has 1 unspecified atom stereocenters. The van der Waals surface area contributed by atoms with Crippen molar-refractivity contribution < 1.29 is 9.53 Å². The van der Waals surface area contributed by atoms with Crippen LogP contribution in [0.25, 0.3) is 0 Å². The summed E-state index contributed by atoms with van der Waals surface area (Å²) in [6, 6.07) is 7.64. The summed E-state index contributed by atoms with van der Waals surface area (Å²) in [5.41, 5.74) is 0.989. The lowest BCUT2D eigenvalue weighted by Crippen LogP contribution is -2.26. The first-order chi connectivity index (χ1) is 7.72. The van der Waals surface area contributed by atoms with Gasteiger partial charge in [0.1, 0.15) is 5.75 Å². The lowest BCUT2D eigenvalue weighted by Gasteiger charge is -2.18. The Morgan fingerprint density at radius 3 is 2.81 bits per heavy atom. The number of methoxy groups -OCH3 is 1. The van der Waals surface area contributed by atoms with Gasteiger partial charge in [0.05, 0.1) is 13.2 Å². The highest BCUT2D eigenvalue weighted by atomic mass is 16.5. The number of para-hydroxylation sites is 1. The number of amides is 1. The molecule has 0 aliphatic carbocycles. The number of benzene rings is 1. The van der Waals surface area contributed by atoms with Crippen molar-refractivity contribution in [3.63, 3.8) is 0 Å². The van der Waals surface area contributed by atoms with E-state index in [-0.39, 0.29) is 11.9 Å². The molecule has 1 atom stereocenters. The molecule has 0 bridgehead atoms. The summed E-state index contributed by atoms with van der Waals surface area (Å²) < 4.78 is 5.27. The third-order valence-electron chi connectivity index (χ3n) is 2.42. The van der Waals surface area contributed by atoms with E-state index in [4.69, 9.17) is 4.74 Å². The molecule has 0 radical (unpaired) electrons. The Bertz CT molecular complexity index is 374. The van der Waals surface area contributed by atoms with E-state index < -0.39 is 0 Å². The summed E-state index contributed by atoms with van der Waals surface area (Å²) in [4.78, 5) is 11.3. The number of nitrogens with one attached hydrogen (secondary N) is 1. The van der Waals surface area contributed by atoms with Crippen LogP contribution in [0.2, 0.25) is 0 Å². The average molecular weight is 219 g/mol. The normalized spacial score (nSPS) is 11.6. The minimum Gasteiger partial charge on any atom is -0.496 e. The van der Waals surface area contributed by atoms with Gasteiger partial charge < -0.3 is 10.1 Å². The second kappa shape index (κ2) is 5.95. The van der Waals surface area contributed by atoms with Gasteiger partial charge in [0.25, 0.3) is 0 Å². The molecule has 1 aromatic carbocycles. The molecule has 0 fully saturated rings. The molecule has 0 saturated heterocycles. The fourth-order valence-corrected chi connectivity index (χ4v) is 1.58. The van der Waals surface area contributed by atoms with Crippen LogP contribution in [-0.2, 0) is 4.79 Å². The molecule has 3 nitrogen and oxygen atoms in total. The molecule has 16 heavy (non-hydrogen) atoms. The number of hydrogen-bond acceptors (Lipinski definition) is 2. The predicted octanol–water partition coefficient (Wildman–Crippen LogP) is 2.45. The van der Waals surface area contributed by atoms with Gasteiger partial charge in [-0.3, -0.25) is 4.79 Å². The molecule has 1 aromatic rings. The first-order valence-corrected chi connectivity index (χ1v) is 5.28. The fourth-order valence-electron chi connectivity index (χ4n) is 1.58. The van der Waals surface area contributed by atoms with Crippen LogP contribution in [0, 0.1) is 0 Å². The Morgan fingerprint density at radius 1 is 1.56 bits per heavy atom. The summed E-state index contributed by atoms with van der Waals surface area (Å²) in [6.45, 7) is 5.46. The molecular formula is C13H17NO2. The molecule has 1 N–H and O–H groups in total. The van der Waals surface area contributed by atoms with Crippen molar-refractivity contribution in [2.45, 2.75) is 19.4 Å². The lowest BCUT2D eigenvalue weighted by molar-refractivity contribution is -0.117. The molecule has 86 valence electrons.